The van der Waals surface area contributed by atoms with Crippen molar-refractivity contribution in [3.05, 3.63) is 63.5 Å². The lowest BCUT2D eigenvalue weighted by molar-refractivity contribution is -0.122. The number of benzene rings is 1. The second-order valence-corrected chi connectivity index (χ2v) is 10.9. The summed E-state index contributed by atoms with van der Waals surface area (Å²) in [5.41, 5.74) is -0.430. The van der Waals surface area contributed by atoms with Gasteiger partial charge in [-0.2, -0.15) is 13.9 Å². The Balaban J connectivity index is 0.00000103. The lowest BCUT2D eigenvalue weighted by Crippen LogP contribution is -2.61. The summed E-state index contributed by atoms with van der Waals surface area (Å²) in [6.45, 7) is 3.38. The predicted molar refractivity (Wildman–Crippen MR) is 138 cm³/mol. The first-order valence-electron chi connectivity index (χ1n) is 12.5. The number of nitrogens with zero attached hydrogens (tertiary/aromatic N) is 5. The molecule has 11 nitrogen and oxygen atoms in total. The number of hydrogen-bond acceptors (Lipinski definition) is 8. The number of amides is 1. The third-order valence-corrected chi connectivity index (χ3v) is 8.26. The lowest BCUT2D eigenvalue weighted by atomic mass is 9.71. The van der Waals surface area contributed by atoms with Crippen LogP contribution in [0.4, 0.5) is 8.78 Å². The quantitative estimate of drug-likeness (QED) is 0.407. The summed E-state index contributed by atoms with van der Waals surface area (Å²) in [7, 11) is 0. The molecule has 214 valence electrons. The van der Waals surface area contributed by atoms with Crippen LogP contribution in [0.3, 0.4) is 0 Å². The average molecular weight is 599 g/mol. The first kappa shape index (κ1) is 28.4. The van der Waals surface area contributed by atoms with Crippen molar-refractivity contribution in [3.8, 4) is 0 Å². The highest BCUT2D eigenvalue weighted by Gasteiger charge is 2.58. The van der Waals surface area contributed by atoms with Gasteiger partial charge in [-0.05, 0) is 31.0 Å². The summed E-state index contributed by atoms with van der Waals surface area (Å²) in [4.78, 5) is 25.4. The van der Waals surface area contributed by atoms with Gasteiger partial charge >= 0.3 is 5.92 Å². The van der Waals surface area contributed by atoms with Crippen LogP contribution in [0.2, 0.25) is 10.0 Å². The van der Waals surface area contributed by atoms with Gasteiger partial charge in [0.1, 0.15) is 5.69 Å². The fourth-order valence-electron chi connectivity index (χ4n) is 5.70. The van der Waals surface area contributed by atoms with Gasteiger partial charge in [-0.3, -0.25) is 19.6 Å². The predicted octanol–water partition coefficient (Wildman–Crippen LogP) is 3.66. The van der Waals surface area contributed by atoms with E-state index in [1.165, 1.54) is 18.3 Å². The first-order valence-corrected chi connectivity index (χ1v) is 13.3. The second-order valence-electron chi connectivity index (χ2n) is 10.1. The highest BCUT2D eigenvalue weighted by atomic mass is 35.5. The molecule has 1 amide bonds. The number of carbonyl (C=O) groups is 2. The van der Waals surface area contributed by atoms with Gasteiger partial charge in [0.05, 0.1) is 22.1 Å². The van der Waals surface area contributed by atoms with E-state index in [2.05, 4.69) is 25.3 Å². The Morgan fingerprint density at radius 2 is 2.00 bits per heavy atom. The van der Waals surface area contributed by atoms with Crippen molar-refractivity contribution < 1.29 is 32.6 Å². The molecule has 3 saturated heterocycles. The van der Waals surface area contributed by atoms with Gasteiger partial charge in [-0.25, -0.2) is 0 Å². The molecule has 2 atom stereocenters. The number of halogens is 4. The van der Waals surface area contributed by atoms with Crippen molar-refractivity contribution in [1.29, 1.82) is 0 Å². The molecule has 0 saturated carbocycles. The first-order chi connectivity index (χ1) is 19.2. The van der Waals surface area contributed by atoms with Gasteiger partial charge in [-0.15, -0.1) is 10.2 Å². The van der Waals surface area contributed by atoms with Crippen LogP contribution in [0.1, 0.15) is 46.6 Å². The molecule has 2 N–H and O–H groups in total. The van der Waals surface area contributed by atoms with Gasteiger partial charge in [0.15, 0.2) is 0 Å². The molecule has 0 bridgehead atoms. The Labute approximate surface area is 237 Å². The van der Waals surface area contributed by atoms with E-state index < -0.39 is 28.7 Å². The van der Waals surface area contributed by atoms with Gasteiger partial charge in [0.25, 0.3) is 18.3 Å². The number of aromatic nitrogens is 4. The van der Waals surface area contributed by atoms with Gasteiger partial charge in [0.2, 0.25) is 5.89 Å². The average Bonchev–Trinajstić information content (AvgIpc) is 3.72. The monoisotopic (exact) mass is 598 g/mol. The molecule has 1 aromatic carbocycles. The number of carboxylic acid groups (broad SMARTS) is 1. The van der Waals surface area contributed by atoms with Crippen molar-refractivity contribution in [2.75, 3.05) is 39.3 Å². The lowest BCUT2D eigenvalue weighted by Gasteiger charge is -2.50. The minimum atomic E-state index is -3.57. The van der Waals surface area contributed by atoms with E-state index in [9.17, 15) is 4.79 Å². The molecule has 3 aliphatic heterocycles. The summed E-state index contributed by atoms with van der Waals surface area (Å²) in [5, 5.41) is 21.4. The van der Waals surface area contributed by atoms with Gasteiger partial charge in [-0.1, -0.05) is 29.3 Å². The highest BCUT2D eigenvalue weighted by molar-refractivity contribution is 6.42. The second kappa shape index (κ2) is 11.4. The number of aromatic amines is 1. The van der Waals surface area contributed by atoms with E-state index in [1.807, 2.05) is 0 Å². The minimum absolute atomic E-state index is 0.00193. The van der Waals surface area contributed by atoms with Crippen molar-refractivity contribution in [1.82, 2.24) is 30.2 Å². The molecule has 40 heavy (non-hydrogen) atoms. The summed E-state index contributed by atoms with van der Waals surface area (Å²) in [6, 6.07) is 5.17. The van der Waals surface area contributed by atoms with Gasteiger partial charge < -0.3 is 19.2 Å². The zero-order chi connectivity index (χ0) is 28.5. The Bertz CT molecular complexity index is 1350. The Morgan fingerprint density at radius 3 is 2.65 bits per heavy atom. The van der Waals surface area contributed by atoms with Crippen molar-refractivity contribution >= 4 is 35.6 Å². The number of rotatable bonds is 6. The van der Waals surface area contributed by atoms with E-state index in [0.717, 1.165) is 32.1 Å². The Hall–Kier alpha value is -3.13. The number of alkyl halides is 2. The van der Waals surface area contributed by atoms with Crippen LogP contribution >= 0.6 is 23.2 Å². The fraction of sp³-hybridized carbons (Fsp3) is 0.480. The molecule has 3 aliphatic rings. The number of ether oxygens (including phenoxy) is 1. The van der Waals surface area contributed by atoms with Crippen LogP contribution in [0.5, 0.6) is 0 Å². The molecule has 3 aromatic rings. The molecule has 2 unspecified atom stereocenters. The molecule has 3 fully saturated rings. The van der Waals surface area contributed by atoms with Crippen LogP contribution in [0, 0.1) is 5.41 Å². The van der Waals surface area contributed by atoms with E-state index in [-0.39, 0.29) is 41.0 Å². The summed E-state index contributed by atoms with van der Waals surface area (Å²) < 4.78 is 41.9. The van der Waals surface area contributed by atoms with Crippen LogP contribution in [-0.4, -0.2) is 93.1 Å². The normalized spacial score (nSPS) is 22.1. The molecular formula is C25H26Cl2F2N6O5. The highest BCUT2D eigenvalue weighted by Crippen LogP contribution is 2.50. The van der Waals surface area contributed by atoms with E-state index in [1.54, 1.807) is 11.0 Å². The van der Waals surface area contributed by atoms with E-state index in [0.29, 0.717) is 25.3 Å². The Kier molecular flexibility index (Phi) is 8.09. The van der Waals surface area contributed by atoms with Crippen LogP contribution < -0.4 is 0 Å². The standard InChI is InChI=1S/C24H24Cl2F2N6O3.CH2O2/c25-17-4-3-14(8-18(17)26)24(27,28)22-32-31-20(37-22)16-10-34(21(35)19-5-6-29-30-19)13-23(16)11-33(12-23)9-15-2-1-7-36-15;2-1-3/h3-6,8,15-16H,1-2,7,9-13H2,(H,29,30);1H,(H,2,3). The number of likely N-dealkylation sites (tertiary alicyclic amines) is 2. The summed E-state index contributed by atoms with van der Waals surface area (Å²) in [5.74, 6) is -4.91. The molecule has 2 aromatic heterocycles. The van der Waals surface area contributed by atoms with Crippen molar-refractivity contribution in [2.45, 2.75) is 30.8 Å². The van der Waals surface area contributed by atoms with E-state index in [4.69, 9.17) is 42.3 Å². The minimum Gasteiger partial charge on any atom is -0.483 e. The molecule has 5 heterocycles. The maximum Gasteiger partial charge on any atom is 0.349 e. The van der Waals surface area contributed by atoms with Gasteiger partial charge in [0, 0.05) is 56.5 Å². The number of nitrogens with one attached hydrogen (secondary N) is 1. The number of hydrogen-bond donors (Lipinski definition) is 2. The summed E-state index contributed by atoms with van der Waals surface area (Å²) in [6.07, 6.45) is 3.78. The molecular weight excluding hydrogens is 573 g/mol. The smallest absolute Gasteiger partial charge is 0.349 e. The van der Waals surface area contributed by atoms with Crippen LogP contribution in [0.15, 0.2) is 34.9 Å². The zero-order valence-electron chi connectivity index (χ0n) is 21.1. The molecule has 15 heteroatoms. The molecule has 0 radical (unpaired) electrons. The maximum absolute atomic E-state index is 15.3. The number of carbonyl (C=O) groups excluding carboxylic acids is 1. The van der Waals surface area contributed by atoms with Crippen molar-refractivity contribution in [2.24, 2.45) is 5.41 Å². The third kappa shape index (κ3) is 5.42. The topological polar surface area (TPSA) is 138 Å². The van der Waals surface area contributed by atoms with Crippen LogP contribution in [0.25, 0.3) is 0 Å². The maximum atomic E-state index is 15.3. The van der Waals surface area contributed by atoms with Crippen LogP contribution in [-0.2, 0) is 15.5 Å². The fourth-order valence-corrected chi connectivity index (χ4v) is 5.99. The summed E-state index contributed by atoms with van der Waals surface area (Å²) >= 11 is 11.8. The zero-order valence-corrected chi connectivity index (χ0v) is 22.6. The molecule has 6 rings (SSSR count). The third-order valence-electron chi connectivity index (χ3n) is 7.52. The molecule has 1 spiro atoms. The molecule has 0 aliphatic carbocycles. The number of H-pyrrole nitrogens is 1. The largest absolute Gasteiger partial charge is 0.483 e. The Morgan fingerprint density at radius 1 is 1.23 bits per heavy atom. The SMILES string of the molecule is O=C(c1ccn[nH]1)N1CC(c2nnc(C(F)(F)c3ccc(Cl)c(Cl)c3)o2)C2(CN(CC3CCCO3)C2)C1.O=CO. The van der Waals surface area contributed by atoms with Crippen molar-refractivity contribution in [3.63, 3.8) is 0 Å². The van der Waals surface area contributed by atoms with E-state index >= 15 is 8.78 Å².